The zero-order valence-electron chi connectivity index (χ0n) is 11.2. The number of carbonyl (C=O) groups is 2. The molecule has 0 aliphatic carbocycles. The van der Waals surface area contributed by atoms with Crippen molar-refractivity contribution >= 4 is 11.7 Å². The average molecular weight is 249 g/mol. The van der Waals surface area contributed by atoms with Crippen LogP contribution >= 0.6 is 0 Å². The Morgan fingerprint density at radius 2 is 2.00 bits per heavy atom. The third-order valence-electron chi connectivity index (χ3n) is 2.67. The Morgan fingerprint density at radius 3 is 2.50 bits per heavy atom. The number of rotatable bonds is 5. The van der Waals surface area contributed by atoms with Crippen LogP contribution in [0.5, 0.6) is 5.75 Å². The van der Waals surface area contributed by atoms with Crippen LogP contribution in [0.1, 0.15) is 42.6 Å². The third kappa shape index (κ3) is 3.58. The highest BCUT2D eigenvalue weighted by atomic mass is 16.5. The second kappa shape index (κ2) is 6.19. The molecule has 4 nitrogen and oxygen atoms in total. The lowest BCUT2D eigenvalue weighted by Crippen LogP contribution is -2.27. The molecule has 0 aliphatic rings. The van der Waals surface area contributed by atoms with Crippen molar-refractivity contribution in [3.63, 3.8) is 0 Å². The molecular formula is C14H19NO3. The molecule has 1 N–H and O–H groups in total. The molecule has 0 unspecified atom stereocenters. The Kier molecular flexibility index (Phi) is 4.89. The van der Waals surface area contributed by atoms with Gasteiger partial charge in [-0.25, -0.2) is 0 Å². The molecule has 0 radical (unpaired) electrons. The quantitative estimate of drug-likeness (QED) is 0.813. The predicted octanol–water partition coefficient (Wildman–Crippen LogP) is 2.14. The van der Waals surface area contributed by atoms with E-state index in [0.29, 0.717) is 5.56 Å². The van der Waals surface area contributed by atoms with E-state index in [1.807, 2.05) is 19.9 Å². The molecule has 4 heteroatoms. The molecule has 1 amide bonds. The minimum atomic E-state index is -0.207. The van der Waals surface area contributed by atoms with Crippen molar-refractivity contribution in [2.24, 2.45) is 0 Å². The molecule has 0 saturated heterocycles. The summed E-state index contributed by atoms with van der Waals surface area (Å²) in [7, 11) is 1.61. The maximum absolute atomic E-state index is 11.9. The van der Waals surface area contributed by atoms with Crippen LogP contribution in [0.2, 0.25) is 0 Å². The number of benzene rings is 1. The van der Waals surface area contributed by atoms with Gasteiger partial charge in [-0.3, -0.25) is 9.59 Å². The largest absolute Gasteiger partial charge is 0.496 e. The van der Waals surface area contributed by atoms with Crippen molar-refractivity contribution in [2.45, 2.75) is 26.7 Å². The molecule has 0 aromatic heterocycles. The maximum atomic E-state index is 11.9. The lowest BCUT2D eigenvalue weighted by Gasteiger charge is -2.13. The number of ketones is 1. The minimum absolute atomic E-state index is 0.0270. The fraction of sp³-hybridized carbons (Fsp3) is 0.429. The summed E-state index contributed by atoms with van der Waals surface area (Å²) in [6.07, 6.45) is 0. The molecule has 18 heavy (non-hydrogen) atoms. The van der Waals surface area contributed by atoms with Gasteiger partial charge in [-0.05, 0) is 29.7 Å². The maximum Gasteiger partial charge on any atom is 0.217 e. The molecule has 0 bridgehead atoms. The molecule has 0 heterocycles. The topological polar surface area (TPSA) is 55.4 Å². The molecule has 98 valence electrons. The summed E-state index contributed by atoms with van der Waals surface area (Å²) in [5, 5.41) is 2.50. The Labute approximate surface area is 107 Å². The van der Waals surface area contributed by atoms with E-state index >= 15 is 0 Å². The summed E-state index contributed by atoms with van der Waals surface area (Å²) in [4.78, 5) is 22.6. The van der Waals surface area contributed by atoms with E-state index in [0.717, 1.165) is 11.3 Å². The smallest absolute Gasteiger partial charge is 0.217 e. The van der Waals surface area contributed by atoms with Crippen molar-refractivity contribution in [3.05, 3.63) is 29.3 Å². The summed E-state index contributed by atoms with van der Waals surface area (Å²) < 4.78 is 5.26. The number of ether oxygens (including phenoxy) is 1. The van der Waals surface area contributed by atoms with Crippen molar-refractivity contribution in [1.82, 2.24) is 5.32 Å². The van der Waals surface area contributed by atoms with Crippen LogP contribution in [0.25, 0.3) is 0 Å². The van der Waals surface area contributed by atoms with Crippen LogP contribution in [0.4, 0.5) is 0 Å². The lowest BCUT2D eigenvalue weighted by molar-refractivity contribution is -0.118. The van der Waals surface area contributed by atoms with E-state index in [4.69, 9.17) is 4.74 Å². The molecule has 0 aliphatic heterocycles. The zero-order valence-corrected chi connectivity index (χ0v) is 11.2. The van der Waals surface area contributed by atoms with Gasteiger partial charge in [0.2, 0.25) is 5.91 Å². The first kappa shape index (κ1) is 14.2. The van der Waals surface area contributed by atoms with Crippen LogP contribution in [0.15, 0.2) is 18.2 Å². The zero-order chi connectivity index (χ0) is 13.7. The first-order valence-corrected chi connectivity index (χ1v) is 5.91. The lowest BCUT2D eigenvalue weighted by atomic mass is 9.98. The van der Waals surface area contributed by atoms with Gasteiger partial charge in [0.15, 0.2) is 5.78 Å². The molecule has 0 saturated carbocycles. The van der Waals surface area contributed by atoms with Gasteiger partial charge in [0.05, 0.1) is 13.7 Å². The van der Waals surface area contributed by atoms with Gasteiger partial charge in [-0.15, -0.1) is 0 Å². The van der Waals surface area contributed by atoms with Gasteiger partial charge in [0.1, 0.15) is 5.75 Å². The second-order valence-corrected chi connectivity index (χ2v) is 4.44. The summed E-state index contributed by atoms with van der Waals surface area (Å²) in [5.41, 5.74) is 1.58. The number of methoxy groups -OCH3 is 1. The number of hydrogen-bond acceptors (Lipinski definition) is 3. The molecule has 1 rings (SSSR count). The summed E-state index contributed by atoms with van der Waals surface area (Å²) in [5.74, 6) is 0.741. The van der Waals surface area contributed by atoms with Gasteiger partial charge >= 0.3 is 0 Å². The van der Waals surface area contributed by atoms with Crippen LogP contribution < -0.4 is 10.1 Å². The first-order valence-electron chi connectivity index (χ1n) is 5.91. The molecule has 0 atom stereocenters. The number of hydrogen-bond donors (Lipinski definition) is 1. The van der Waals surface area contributed by atoms with E-state index in [1.165, 1.54) is 6.92 Å². The number of nitrogens with one attached hydrogen (secondary N) is 1. The van der Waals surface area contributed by atoms with Crippen LogP contribution in [-0.2, 0) is 4.79 Å². The van der Waals surface area contributed by atoms with Crippen molar-refractivity contribution < 1.29 is 14.3 Å². The summed E-state index contributed by atoms with van der Waals surface area (Å²) in [6, 6.07) is 5.33. The molecule has 0 spiro atoms. The minimum Gasteiger partial charge on any atom is -0.496 e. The van der Waals surface area contributed by atoms with E-state index < -0.39 is 0 Å². The fourth-order valence-corrected chi connectivity index (χ4v) is 1.67. The van der Waals surface area contributed by atoms with Crippen molar-refractivity contribution in [3.8, 4) is 5.75 Å². The van der Waals surface area contributed by atoms with Gasteiger partial charge in [0, 0.05) is 12.5 Å². The summed E-state index contributed by atoms with van der Waals surface area (Å²) in [6.45, 7) is 5.50. The predicted molar refractivity (Wildman–Crippen MR) is 70.1 cm³/mol. The van der Waals surface area contributed by atoms with Crippen molar-refractivity contribution in [2.75, 3.05) is 13.7 Å². The Morgan fingerprint density at radius 1 is 1.33 bits per heavy atom. The van der Waals surface area contributed by atoms with Crippen LogP contribution in [0.3, 0.4) is 0 Å². The monoisotopic (exact) mass is 249 g/mol. The molecular weight excluding hydrogens is 230 g/mol. The highest BCUT2D eigenvalue weighted by molar-refractivity contribution is 5.99. The Balaban J connectivity index is 2.93. The van der Waals surface area contributed by atoms with Gasteiger partial charge in [0.25, 0.3) is 0 Å². The Bertz CT molecular complexity index is 452. The SMILES string of the molecule is COc1ccc(C(=O)CNC(C)=O)cc1C(C)C. The number of amides is 1. The third-order valence-corrected chi connectivity index (χ3v) is 2.67. The van der Waals surface area contributed by atoms with Crippen LogP contribution in [0, 0.1) is 0 Å². The molecule has 1 aromatic rings. The van der Waals surface area contributed by atoms with E-state index in [-0.39, 0.29) is 24.2 Å². The van der Waals surface area contributed by atoms with E-state index in [9.17, 15) is 9.59 Å². The first-order chi connectivity index (χ1) is 8.45. The second-order valence-electron chi connectivity index (χ2n) is 4.44. The fourth-order valence-electron chi connectivity index (χ4n) is 1.67. The standard InChI is InChI=1S/C14H19NO3/c1-9(2)12-7-11(5-6-14(12)18-4)13(17)8-15-10(3)16/h5-7,9H,8H2,1-4H3,(H,15,16). The average Bonchev–Trinajstić information content (AvgIpc) is 2.34. The van der Waals surface area contributed by atoms with E-state index in [2.05, 4.69) is 5.32 Å². The van der Waals surface area contributed by atoms with Gasteiger partial charge in [-0.1, -0.05) is 13.8 Å². The van der Waals surface area contributed by atoms with E-state index in [1.54, 1.807) is 19.2 Å². The number of Topliss-reactive ketones (excluding diaryl/α,β-unsaturated/α-hetero) is 1. The number of carbonyl (C=O) groups excluding carboxylic acids is 2. The Hall–Kier alpha value is -1.84. The van der Waals surface area contributed by atoms with Crippen LogP contribution in [-0.4, -0.2) is 25.3 Å². The van der Waals surface area contributed by atoms with Gasteiger partial charge in [-0.2, -0.15) is 0 Å². The molecule has 0 fully saturated rings. The molecule has 1 aromatic carbocycles. The van der Waals surface area contributed by atoms with Gasteiger partial charge < -0.3 is 10.1 Å². The summed E-state index contributed by atoms with van der Waals surface area (Å²) >= 11 is 0. The highest BCUT2D eigenvalue weighted by Gasteiger charge is 2.12. The normalized spacial score (nSPS) is 10.3. The highest BCUT2D eigenvalue weighted by Crippen LogP contribution is 2.27. The van der Waals surface area contributed by atoms with Crippen molar-refractivity contribution in [1.29, 1.82) is 0 Å².